The molecule has 8 nitrogen and oxygen atoms in total. The van der Waals surface area contributed by atoms with E-state index >= 15 is 0 Å². The average Bonchev–Trinajstić information content (AvgIpc) is 3.19. The van der Waals surface area contributed by atoms with Crippen LogP contribution in [0.15, 0.2) is 29.3 Å². The molecule has 1 unspecified atom stereocenters. The van der Waals surface area contributed by atoms with E-state index in [1.165, 1.54) is 0 Å². The molecule has 2 aromatic rings. The van der Waals surface area contributed by atoms with Gasteiger partial charge < -0.3 is 19.9 Å². The third-order valence-electron chi connectivity index (χ3n) is 5.89. The zero-order valence-electron chi connectivity index (χ0n) is 18.2. The predicted octanol–water partition coefficient (Wildman–Crippen LogP) is 4.31. The van der Waals surface area contributed by atoms with Crippen LogP contribution in [0.4, 0.5) is 12.0 Å². The molecule has 0 spiro atoms. The lowest BCUT2D eigenvalue weighted by atomic mass is 9.75. The molecule has 1 aromatic heterocycles. The number of nitrogens with two attached hydrogens (primary N) is 2. The van der Waals surface area contributed by atoms with Crippen molar-refractivity contribution < 1.29 is 13.5 Å². The molecular weight excluding hydrogens is 473 g/mol. The summed E-state index contributed by atoms with van der Waals surface area (Å²) in [5, 5.41) is 10.6. The van der Waals surface area contributed by atoms with E-state index in [9.17, 15) is 4.21 Å². The van der Waals surface area contributed by atoms with Crippen LogP contribution in [0.25, 0.3) is 0 Å². The van der Waals surface area contributed by atoms with Crippen molar-refractivity contribution in [2.45, 2.75) is 43.8 Å². The second-order valence-electron chi connectivity index (χ2n) is 8.53. The number of hydrogen-bond donors (Lipinski definition) is 2. The lowest BCUT2D eigenvalue weighted by Crippen LogP contribution is -2.39. The van der Waals surface area contributed by atoms with Crippen LogP contribution in [-0.4, -0.2) is 38.8 Å². The van der Waals surface area contributed by atoms with Crippen molar-refractivity contribution in [3.05, 3.63) is 40.4 Å². The zero-order valence-corrected chi connectivity index (χ0v) is 20.6. The Hall–Kier alpha value is -1.81. The van der Waals surface area contributed by atoms with Crippen LogP contribution in [0.1, 0.15) is 44.6 Å². The molecule has 32 heavy (non-hydrogen) atoms. The van der Waals surface area contributed by atoms with Gasteiger partial charge in [0.2, 0.25) is 0 Å². The molecule has 0 saturated carbocycles. The van der Waals surface area contributed by atoms with Crippen LogP contribution in [0, 0.1) is 5.92 Å². The Morgan fingerprint density at radius 3 is 2.59 bits per heavy atom. The number of rotatable bonds is 9. The van der Waals surface area contributed by atoms with E-state index in [2.05, 4.69) is 16.7 Å². The van der Waals surface area contributed by atoms with E-state index in [1.807, 2.05) is 24.8 Å². The number of piperidine rings is 1. The van der Waals surface area contributed by atoms with E-state index in [4.69, 9.17) is 43.3 Å². The fourth-order valence-electron chi connectivity index (χ4n) is 4.11. The van der Waals surface area contributed by atoms with Crippen molar-refractivity contribution in [3.8, 4) is 5.75 Å². The molecule has 1 fully saturated rings. The van der Waals surface area contributed by atoms with Crippen molar-refractivity contribution in [1.29, 1.82) is 0 Å². The standard InChI is InChI=1S/C21H29Cl2N5O3S/c1-4-9-30-18-11-17(23)16(22)10-14(18)15(12-21(2,3)32(25)29)13-5-7-28(8-6-13)20-26-19(24)31-27-20/h4,10-11,13,15H,1,5-9,12,25H2,2-3H3,(H2,24,26,27)/t15-,32?/m1/s1. The van der Waals surface area contributed by atoms with Gasteiger partial charge in [0.25, 0.3) is 5.95 Å². The van der Waals surface area contributed by atoms with Crippen LogP contribution in [0.2, 0.25) is 10.0 Å². The molecular formula is C21H29Cl2N5O3S. The fraction of sp³-hybridized carbons (Fsp3) is 0.524. The molecule has 0 amide bonds. The fourth-order valence-corrected chi connectivity index (χ4v) is 4.78. The number of ether oxygens (including phenoxy) is 1. The van der Waals surface area contributed by atoms with Crippen molar-refractivity contribution in [2.24, 2.45) is 11.1 Å². The van der Waals surface area contributed by atoms with Gasteiger partial charge in [-0.15, -0.1) is 0 Å². The van der Waals surface area contributed by atoms with Gasteiger partial charge >= 0.3 is 6.01 Å². The smallest absolute Gasteiger partial charge is 0.320 e. The molecule has 1 aromatic carbocycles. The Morgan fingerprint density at radius 2 is 2.03 bits per heavy atom. The first-order valence-electron chi connectivity index (χ1n) is 10.4. The third kappa shape index (κ3) is 5.75. The van der Waals surface area contributed by atoms with Crippen LogP contribution in [-0.2, 0) is 11.0 Å². The van der Waals surface area contributed by atoms with Gasteiger partial charge in [0.1, 0.15) is 12.4 Å². The summed E-state index contributed by atoms with van der Waals surface area (Å²) in [5.74, 6) is 1.41. The Labute approximate surface area is 200 Å². The van der Waals surface area contributed by atoms with E-state index in [-0.39, 0.29) is 17.9 Å². The van der Waals surface area contributed by atoms with Gasteiger partial charge in [0, 0.05) is 19.2 Å². The quantitative estimate of drug-likeness (QED) is 0.490. The van der Waals surface area contributed by atoms with E-state index in [0.29, 0.717) is 34.8 Å². The van der Waals surface area contributed by atoms with Crippen molar-refractivity contribution in [3.63, 3.8) is 0 Å². The topological polar surface area (TPSA) is 120 Å². The van der Waals surface area contributed by atoms with Gasteiger partial charge in [0.15, 0.2) is 0 Å². The SMILES string of the molecule is C=CCOc1cc(Cl)c(Cl)cc1[C@H](CC(C)(C)S(N)=O)C1CCN(c2noc(N)n2)CC1. The normalized spacial score (nSPS) is 17.2. The number of benzene rings is 1. The van der Waals surface area contributed by atoms with Gasteiger partial charge in [-0.3, -0.25) is 5.14 Å². The molecule has 1 aliphatic heterocycles. The van der Waals surface area contributed by atoms with Crippen molar-refractivity contribution in [1.82, 2.24) is 10.1 Å². The third-order valence-corrected chi connectivity index (χ3v) is 7.87. The highest BCUT2D eigenvalue weighted by molar-refractivity contribution is 7.84. The maximum Gasteiger partial charge on any atom is 0.320 e. The van der Waals surface area contributed by atoms with E-state index < -0.39 is 15.7 Å². The highest BCUT2D eigenvalue weighted by Crippen LogP contribution is 2.45. The summed E-state index contributed by atoms with van der Waals surface area (Å²) in [5.41, 5.74) is 6.50. The van der Waals surface area contributed by atoms with Gasteiger partial charge in [-0.2, -0.15) is 4.98 Å². The minimum Gasteiger partial charge on any atom is -0.489 e. The summed E-state index contributed by atoms with van der Waals surface area (Å²) in [6.07, 6.45) is 3.98. The molecule has 2 heterocycles. The molecule has 0 bridgehead atoms. The van der Waals surface area contributed by atoms with Gasteiger partial charge in [-0.05, 0) is 61.7 Å². The zero-order chi connectivity index (χ0) is 23.5. The van der Waals surface area contributed by atoms with Crippen molar-refractivity contribution in [2.75, 3.05) is 30.3 Å². The van der Waals surface area contributed by atoms with Crippen LogP contribution in [0.3, 0.4) is 0 Å². The summed E-state index contributed by atoms with van der Waals surface area (Å²) >= 11 is 12.7. The molecule has 1 aliphatic rings. The monoisotopic (exact) mass is 501 g/mol. The second-order valence-corrected chi connectivity index (χ2v) is 11.0. The first-order valence-corrected chi connectivity index (χ1v) is 12.3. The van der Waals surface area contributed by atoms with Gasteiger partial charge in [-0.1, -0.05) is 35.9 Å². The second kappa shape index (κ2) is 10.4. The number of aromatic nitrogens is 2. The first-order chi connectivity index (χ1) is 15.1. The summed E-state index contributed by atoms with van der Waals surface area (Å²) in [4.78, 5) is 6.17. The summed E-state index contributed by atoms with van der Waals surface area (Å²) in [6, 6.07) is 3.64. The number of nitrogen functional groups attached to an aromatic ring is 1. The Bertz CT molecular complexity index is 976. The number of hydrogen-bond acceptors (Lipinski definition) is 7. The highest BCUT2D eigenvalue weighted by Gasteiger charge is 2.37. The Balaban J connectivity index is 1.92. The molecule has 4 N–H and O–H groups in total. The molecule has 0 radical (unpaired) electrons. The number of nitrogens with zero attached hydrogens (tertiary/aromatic N) is 3. The number of halogens is 2. The molecule has 0 aliphatic carbocycles. The lowest BCUT2D eigenvalue weighted by molar-refractivity contribution is 0.294. The molecule has 3 rings (SSSR count). The Morgan fingerprint density at radius 1 is 1.38 bits per heavy atom. The highest BCUT2D eigenvalue weighted by atomic mass is 35.5. The van der Waals surface area contributed by atoms with Crippen LogP contribution < -0.4 is 20.5 Å². The predicted molar refractivity (Wildman–Crippen MR) is 130 cm³/mol. The van der Waals surface area contributed by atoms with Crippen LogP contribution >= 0.6 is 23.2 Å². The van der Waals surface area contributed by atoms with E-state index in [1.54, 1.807) is 12.1 Å². The molecule has 2 atom stereocenters. The van der Waals surface area contributed by atoms with Crippen molar-refractivity contribution >= 4 is 46.2 Å². The number of anilines is 2. The average molecular weight is 502 g/mol. The maximum absolute atomic E-state index is 12.3. The Kier molecular flexibility index (Phi) is 8.08. The van der Waals surface area contributed by atoms with Crippen LogP contribution in [0.5, 0.6) is 5.75 Å². The van der Waals surface area contributed by atoms with E-state index in [0.717, 1.165) is 31.5 Å². The maximum atomic E-state index is 12.3. The molecule has 1 saturated heterocycles. The minimum absolute atomic E-state index is 0.00423. The van der Waals surface area contributed by atoms with Gasteiger partial charge in [-0.25, -0.2) is 4.21 Å². The largest absolute Gasteiger partial charge is 0.489 e. The van der Waals surface area contributed by atoms with Gasteiger partial charge in [0.05, 0.1) is 25.8 Å². The minimum atomic E-state index is -1.50. The summed E-state index contributed by atoms with van der Waals surface area (Å²) in [7, 11) is -1.50. The first kappa shape index (κ1) is 24.8. The summed E-state index contributed by atoms with van der Waals surface area (Å²) < 4.78 is 22.5. The molecule has 176 valence electrons. The lowest BCUT2D eigenvalue weighted by Gasteiger charge is -2.39. The summed E-state index contributed by atoms with van der Waals surface area (Å²) in [6.45, 7) is 9.35. The molecule has 11 heteroatoms.